The molecule has 12 atom stereocenters. The van der Waals surface area contributed by atoms with Gasteiger partial charge in [-0.2, -0.15) is 0 Å². The number of hydrogen-bond acceptors (Lipinski definition) is 9. The molecular formula is C37H49F2N3O7. The van der Waals surface area contributed by atoms with Gasteiger partial charge in [-0.3, -0.25) is 9.59 Å². The van der Waals surface area contributed by atoms with Crippen molar-refractivity contribution in [1.29, 1.82) is 0 Å². The number of alkyl halides is 1. The smallest absolute Gasteiger partial charge is 0.306 e. The van der Waals surface area contributed by atoms with Crippen LogP contribution < -0.4 is 0 Å². The van der Waals surface area contributed by atoms with Gasteiger partial charge in [0.25, 0.3) is 0 Å². The van der Waals surface area contributed by atoms with Crippen LogP contribution in [0.15, 0.2) is 42.1 Å². The van der Waals surface area contributed by atoms with Crippen LogP contribution in [0.3, 0.4) is 0 Å². The van der Waals surface area contributed by atoms with E-state index < -0.39 is 48.5 Å². The molecule has 4 aliphatic rings. The lowest BCUT2D eigenvalue weighted by molar-refractivity contribution is -0.204. The number of aromatic nitrogens is 3. The quantitative estimate of drug-likeness (QED) is 0.264. The summed E-state index contributed by atoms with van der Waals surface area (Å²) in [6.45, 7) is 4.06. The first kappa shape index (κ1) is 35.8. The number of aliphatic hydroxyl groups is 1. The molecule has 2 saturated carbocycles. The van der Waals surface area contributed by atoms with Crippen molar-refractivity contribution >= 4 is 11.8 Å². The molecule has 1 saturated heterocycles. The lowest BCUT2D eigenvalue weighted by atomic mass is 9.63. The summed E-state index contributed by atoms with van der Waals surface area (Å²) >= 11 is 0. The van der Waals surface area contributed by atoms with Crippen LogP contribution in [0, 0.1) is 41.3 Å². The molecular weight excluding hydrogens is 636 g/mol. The number of cyclic esters (lactones) is 1. The van der Waals surface area contributed by atoms with E-state index in [0.717, 1.165) is 25.7 Å². The Kier molecular flexibility index (Phi) is 11.3. The summed E-state index contributed by atoms with van der Waals surface area (Å²) in [6.07, 6.45) is 4.29. The normalized spacial score (nSPS) is 34.9. The van der Waals surface area contributed by atoms with Gasteiger partial charge in [0.1, 0.15) is 29.9 Å². The number of aliphatic hydroxyl groups excluding tert-OH is 1. The number of allylic oxidation sites excluding steroid dienone is 2. The number of Topliss-reactive ketones (excluding diaryl/α,β-unsaturated/α-hetero) is 1. The molecule has 6 rings (SSSR count). The number of rotatable bonds is 9. The summed E-state index contributed by atoms with van der Waals surface area (Å²) in [5.74, 6) is -3.10. The Hall–Kier alpha value is -3.06. The summed E-state index contributed by atoms with van der Waals surface area (Å²) in [6, 6.07) is 5.10. The molecule has 10 nitrogen and oxygen atoms in total. The van der Waals surface area contributed by atoms with Gasteiger partial charge in [-0.15, -0.1) is 5.10 Å². The van der Waals surface area contributed by atoms with E-state index in [1.54, 1.807) is 23.0 Å². The summed E-state index contributed by atoms with van der Waals surface area (Å²) in [5, 5.41) is 19.6. The molecule has 268 valence electrons. The third-order valence-corrected chi connectivity index (χ3v) is 11.5. The van der Waals surface area contributed by atoms with Crippen molar-refractivity contribution in [2.75, 3.05) is 20.8 Å². The van der Waals surface area contributed by atoms with E-state index in [9.17, 15) is 19.1 Å². The minimum atomic E-state index is -1.48. The first-order valence-electron chi connectivity index (χ1n) is 17.8. The zero-order valence-corrected chi connectivity index (χ0v) is 28.8. The van der Waals surface area contributed by atoms with Crippen LogP contribution in [0.25, 0.3) is 11.3 Å². The van der Waals surface area contributed by atoms with Crippen LogP contribution >= 0.6 is 0 Å². The molecule has 1 aromatic heterocycles. The highest BCUT2D eigenvalue weighted by Gasteiger charge is 2.60. The minimum Gasteiger partial charge on any atom is -0.462 e. The molecule has 49 heavy (non-hydrogen) atoms. The molecule has 1 aliphatic heterocycles. The predicted molar refractivity (Wildman–Crippen MR) is 175 cm³/mol. The molecule has 3 aliphatic carbocycles. The van der Waals surface area contributed by atoms with Crippen LogP contribution in [0.5, 0.6) is 0 Å². The average molecular weight is 686 g/mol. The van der Waals surface area contributed by atoms with E-state index in [4.69, 9.17) is 18.9 Å². The van der Waals surface area contributed by atoms with Crippen LogP contribution in [0.4, 0.5) is 8.78 Å². The van der Waals surface area contributed by atoms with Crippen LogP contribution in [0.1, 0.15) is 71.3 Å². The standard InChI is InChI=1S/C37H49F2N3O7/c1-5-23-9-7-6-8-20(2)36(44)29-16-26-25-14-24(49-37(45)31(47-4)19-46-3)15-28(25)35(34(39)33(26)27(29)17-32(43)48-23)42-18-30(40-41-42)21-10-12-22(38)13-11-21/h10-13,16,18,20,23-28,31,33-35,37,45H,5-9,14-15,17,19H2,1-4H3/t20-,23+,24+,25+,26?,27-,28-,31+,33-,34?,35?,37?/m1/s1. The minimum absolute atomic E-state index is 0.0248. The van der Waals surface area contributed by atoms with E-state index in [1.165, 1.54) is 26.4 Å². The molecule has 2 heterocycles. The molecule has 0 amide bonds. The van der Waals surface area contributed by atoms with Gasteiger partial charge < -0.3 is 24.1 Å². The Bertz CT molecular complexity index is 1480. The van der Waals surface area contributed by atoms with E-state index in [2.05, 4.69) is 10.3 Å². The predicted octanol–water partition coefficient (Wildman–Crippen LogP) is 5.65. The molecule has 0 spiro atoms. The van der Waals surface area contributed by atoms with Crippen LogP contribution in [-0.2, 0) is 28.5 Å². The zero-order valence-electron chi connectivity index (χ0n) is 28.8. The van der Waals surface area contributed by atoms with E-state index in [1.807, 2.05) is 19.9 Å². The maximum absolute atomic E-state index is 17.5. The molecule has 4 unspecified atom stereocenters. The molecule has 1 aromatic carbocycles. The number of fused-ring (bicyclic) bond motifs is 5. The van der Waals surface area contributed by atoms with E-state index >= 15 is 4.39 Å². The Morgan fingerprint density at radius 3 is 2.55 bits per heavy atom. The fourth-order valence-electron chi connectivity index (χ4n) is 8.97. The molecule has 3 fully saturated rings. The topological polar surface area (TPSA) is 122 Å². The average Bonchev–Trinajstić information content (AvgIpc) is 3.82. The SMILES string of the molecule is CC[C@H]1CCCC[C@@H](C)C(=O)C2=CC3[C@@H](C(F)C(n4cc(-c5ccc(F)cc5)nn4)[C@@H]4C[C@@H](OC(O)[C@H](COC)OC)C[C@@H]34)[C@@H]2CC(=O)O1. The molecule has 1 N–H and O–H groups in total. The third-order valence-electron chi connectivity index (χ3n) is 11.5. The monoisotopic (exact) mass is 685 g/mol. The molecule has 0 radical (unpaired) electrons. The van der Waals surface area contributed by atoms with Crippen molar-refractivity contribution in [2.24, 2.45) is 35.5 Å². The van der Waals surface area contributed by atoms with Crippen molar-refractivity contribution in [2.45, 2.75) is 102 Å². The number of benzene rings is 1. The largest absolute Gasteiger partial charge is 0.462 e. The van der Waals surface area contributed by atoms with Gasteiger partial charge in [0.2, 0.25) is 0 Å². The van der Waals surface area contributed by atoms with Crippen molar-refractivity contribution < 1.29 is 42.4 Å². The van der Waals surface area contributed by atoms with Gasteiger partial charge in [-0.05, 0) is 86.1 Å². The molecule has 2 aromatic rings. The number of ether oxygens (including phenoxy) is 4. The number of carbonyl (C=O) groups is 2. The van der Waals surface area contributed by atoms with E-state index in [-0.39, 0.29) is 54.4 Å². The zero-order chi connectivity index (χ0) is 34.8. The first-order valence-corrected chi connectivity index (χ1v) is 17.8. The number of carbonyl (C=O) groups excluding carboxylic acids is 2. The van der Waals surface area contributed by atoms with Gasteiger partial charge in [0.15, 0.2) is 12.1 Å². The fraction of sp³-hybridized carbons (Fsp3) is 0.676. The Morgan fingerprint density at radius 1 is 1.10 bits per heavy atom. The van der Waals surface area contributed by atoms with Crippen molar-refractivity contribution in [3.05, 3.63) is 47.9 Å². The van der Waals surface area contributed by atoms with Gasteiger partial charge in [-0.1, -0.05) is 31.6 Å². The van der Waals surface area contributed by atoms with Gasteiger partial charge in [-0.25, -0.2) is 13.5 Å². The maximum atomic E-state index is 17.5. The summed E-state index contributed by atoms with van der Waals surface area (Å²) < 4.78 is 55.4. The fourth-order valence-corrected chi connectivity index (χ4v) is 8.97. The van der Waals surface area contributed by atoms with Gasteiger partial charge in [0, 0.05) is 37.5 Å². The first-order chi connectivity index (χ1) is 23.6. The number of ketones is 1. The van der Waals surface area contributed by atoms with Crippen LogP contribution in [0.2, 0.25) is 0 Å². The highest BCUT2D eigenvalue weighted by Crippen LogP contribution is 2.60. The molecule has 0 bridgehead atoms. The second-order valence-electron chi connectivity index (χ2n) is 14.4. The highest BCUT2D eigenvalue weighted by atomic mass is 19.1. The number of nitrogens with zero attached hydrogens (tertiary/aromatic N) is 3. The van der Waals surface area contributed by atoms with Crippen LogP contribution in [-0.4, -0.2) is 83.5 Å². The Labute approximate surface area is 286 Å². The number of methoxy groups -OCH3 is 2. The van der Waals surface area contributed by atoms with Gasteiger partial charge >= 0.3 is 5.97 Å². The lowest BCUT2D eigenvalue weighted by Crippen LogP contribution is -2.47. The number of halogens is 2. The summed E-state index contributed by atoms with van der Waals surface area (Å²) in [7, 11) is 2.98. The summed E-state index contributed by atoms with van der Waals surface area (Å²) in [5.41, 5.74) is 1.65. The maximum Gasteiger partial charge on any atom is 0.306 e. The Morgan fingerprint density at radius 2 is 1.84 bits per heavy atom. The second kappa shape index (κ2) is 15.4. The lowest BCUT2D eigenvalue weighted by Gasteiger charge is -2.45. The summed E-state index contributed by atoms with van der Waals surface area (Å²) in [4.78, 5) is 27.5. The van der Waals surface area contributed by atoms with Crippen molar-refractivity contribution in [3.63, 3.8) is 0 Å². The van der Waals surface area contributed by atoms with Gasteiger partial charge in [0.05, 0.1) is 31.4 Å². The van der Waals surface area contributed by atoms with Crippen molar-refractivity contribution in [3.8, 4) is 11.3 Å². The highest BCUT2D eigenvalue weighted by molar-refractivity contribution is 5.98. The second-order valence-corrected chi connectivity index (χ2v) is 14.4. The third kappa shape index (κ3) is 7.38. The van der Waals surface area contributed by atoms with Crippen molar-refractivity contribution in [1.82, 2.24) is 15.0 Å². The van der Waals surface area contributed by atoms with E-state index in [0.29, 0.717) is 36.1 Å². The molecule has 12 heteroatoms. The number of hydrogen-bond donors (Lipinski definition) is 1. The Balaban J connectivity index is 1.37. The number of esters is 1.